The molecular formula is C23H28ClN11O4. The van der Waals surface area contributed by atoms with Crippen LogP contribution in [0.15, 0.2) is 35.6 Å². The van der Waals surface area contributed by atoms with E-state index in [9.17, 15) is 19.2 Å². The van der Waals surface area contributed by atoms with E-state index in [1.807, 2.05) is 19.0 Å². The first kappa shape index (κ1) is 27.5. The Hall–Kier alpha value is -4.50. The van der Waals surface area contributed by atoms with Crippen molar-refractivity contribution in [2.45, 2.75) is 6.54 Å². The van der Waals surface area contributed by atoms with Crippen molar-refractivity contribution in [1.29, 1.82) is 0 Å². The number of hydrogen-bond acceptors (Lipinski definition) is 8. The number of fused-ring (bicyclic) bond motifs is 1. The number of rotatable bonds is 10. The molecule has 0 fully saturated rings. The minimum Gasteiger partial charge on any atom is -0.349 e. The number of carbonyl (C=O) groups is 3. The molecule has 4 rings (SSSR count). The highest BCUT2D eigenvalue weighted by Gasteiger charge is 2.20. The molecule has 39 heavy (non-hydrogen) atoms. The van der Waals surface area contributed by atoms with Gasteiger partial charge in [0.15, 0.2) is 11.3 Å². The van der Waals surface area contributed by atoms with Gasteiger partial charge in [-0.05, 0) is 26.2 Å². The van der Waals surface area contributed by atoms with Gasteiger partial charge in [0, 0.05) is 45.5 Å². The van der Waals surface area contributed by atoms with Gasteiger partial charge in [-0.25, -0.2) is 14.2 Å². The summed E-state index contributed by atoms with van der Waals surface area (Å²) in [4.78, 5) is 56.7. The highest BCUT2D eigenvalue weighted by atomic mass is 35.5. The van der Waals surface area contributed by atoms with Crippen molar-refractivity contribution in [3.05, 3.63) is 58.4 Å². The highest BCUT2D eigenvalue weighted by Crippen LogP contribution is 2.18. The van der Waals surface area contributed by atoms with Gasteiger partial charge in [-0.15, -0.1) is 16.7 Å². The average molecular weight is 558 g/mol. The van der Waals surface area contributed by atoms with Crippen molar-refractivity contribution in [2.75, 3.05) is 43.7 Å². The molecule has 4 aromatic heterocycles. The molecule has 0 aliphatic heterocycles. The number of likely N-dealkylation sites (N-methyl/N-ethyl adjacent to an activating group) is 1. The first-order chi connectivity index (χ1) is 18.6. The van der Waals surface area contributed by atoms with Gasteiger partial charge in [0.1, 0.15) is 17.7 Å². The lowest BCUT2D eigenvalue weighted by Gasteiger charge is -2.10. The van der Waals surface area contributed by atoms with Crippen LogP contribution in [0.25, 0.3) is 5.65 Å². The molecule has 0 saturated heterocycles. The lowest BCUT2D eigenvalue weighted by Crippen LogP contribution is -2.32. The minimum absolute atomic E-state index is 0.0112. The Labute approximate surface area is 227 Å². The molecule has 15 nitrogen and oxygen atoms in total. The first-order valence-electron chi connectivity index (χ1n) is 11.8. The zero-order valence-corrected chi connectivity index (χ0v) is 22.6. The number of amides is 3. The summed E-state index contributed by atoms with van der Waals surface area (Å²) in [5.41, 5.74) is 0.774. The van der Waals surface area contributed by atoms with Crippen molar-refractivity contribution in [3.8, 4) is 0 Å². The predicted octanol–water partition coefficient (Wildman–Crippen LogP) is -0.00220. The number of nitrogens with one attached hydrogen (secondary N) is 3. The summed E-state index contributed by atoms with van der Waals surface area (Å²) in [6, 6.07) is 3.07. The lowest BCUT2D eigenvalue weighted by atomic mass is 10.3. The number of imidazole rings is 1. The summed E-state index contributed by atoms with van der Waals surface area (Å²) < 4.78 is 5.34. The van der Waals surface area contributed by atoms with Gasteiger partial charge in [0.2, 0.25) is 0 Å². The Morgan fingerprint density at radius 3 is 2.21 bits per heavy atom. The van der Waals surface area contributed by atoms with Crippen molar-refractivity contribution in [3.63, 3.8) is 0 Å². The monoisotopic (exact) mass is 557 g/mol. The molecule has 0 radical (unpaired) electrons. The molecule has 206 valence electrons. The lowest BCUT2D eigenvalue weighted by molar-refractivity contribution is 0.0941. The molecule has 0 aliphatic rings. The first-order valence-corrected chi connectivity index (χ1v) is 12.4. The van der Waals surface area contributed by atoms with Crippen LogP contribution in [0.3, 0.4) is 0 Å². The maximum absolute atomic E-state index is 13.0. The number of carbonyl (C=O) groups excluding carboxylic acids is 3. The molecule has 4 aromatic rings. The van der Waals surface area contributed by atoms with Gasteiger partial charge in [0.25, 0.3) is 17.7 Å². The van der Waals surface area contributed by atoms with Gasteiger partial charge in [0.05, 0.1) is 17.9 Å². The third-order valence-electron chi connectivity index (χ3n) is 5.76. The highest BCUT2D eigenvalue weighted by molar-refractivity contribution is 6.17. The van der Waals surface area contributed by atoms with Gasteiger partial charge >= 0.3 is 5.69 Å². The van der Waals surface area contributed by atoms with E-state index < -0.39 is 17.5 Å². The van der Waals surface area contributed by atoms with E-state index in [2.05, 4.69) is 31.2 Å². The number of nitrogens with zero attached hydrogens (tertiary/aromatic N) is 8. The van der Waals surface area contributed by atoms with Crippen LogP contribution in [0.1, 0.15) is 31.5 Å². The number of alkyl halides is 1. The van der Waals surface area contributed by atoms with Gasteiger partial charge in [-0.2, -0.15) is 4.68 Å². The predicted molar refractivity (Wildman–Crippen MR) is 143 cm³/mol. The van der Waals surface area contributed by atoms with Crippen LogP contribution in [-0.2, 0) is 20.6 Å². The van der Waals surface area contributed by atoms with Crippen LogP contribution in [0.4, 0.5) is 11.4 Å². The minimum atomic E-state index is -0.633. The molecule has 0 unspecified atom stereocenters. The summed E-state index contributed by atoms with van der Waals surface area (Å²) in [7, 11) is 7.19. The second-order valence-corrected chi connectivity index (χ2v) is 9.37. The van der Waals surface area contributed by atoms with Crippen molar-refractivity contribution in [1.82, 2.24) is 43.7 Å². The Bertz CT molecular complexity index is 1600. The molecule has 4 heterocycles. The van der Waals surface area contributed by atoms with E-state index in [0.29, 0.717) is 30.2 Å². The summed E-state index contributed by atoms with van der Waals surface area (Å²) in [5, 5.41) is 16.0. The standard InChI is InChI=1S/C23H28ClN11O4/c1-31(2)8-6-25-20(36)16-9-14(11-32(16)3)27-21(37)17-10-15(12-33(17)4)28-22(38)18-19-29-30-35(7-5-24)23(39)34(19)13-26-18/h9-13H,5-8H2,1-4H3,(H,25,36)(H,27,37)(H,28,38). The molecule has 0 atom stereocenters. The molecule has 0 spiro atoms. The molecule has 3 amide bonds. The Morgan fingerprint density at radius 2 is 1.59 bits per heavy atom. The number of hydrogen-bond donors (Lipinski definition) is 3. The van der Waals surface area contributed by atoms with Gasteiger partial charge < -0.3 is 30.0 Å². The molecular weight excluding hydrogens is 530 g/mol. The number of aryl methyl sites for hydroxylation is 3. The van der Waals surface area contributed by atoms with E-state index in [0.717, 1.165) is 9.08 Å². The zero-order valence-electron chi connectivity index (χ0n) is 21.8. The molecule has 3 N–H and O–H groups in total. The summed E-state index contributed by atoms with van der Waals surface area (Å²) >= 11 is 5.67. The maximum atomic E-state index is 13.0. The van der Waals surface area contributed by atoms with Gasteiger partial charge in [-0.3, -0.25) is 14.4 Å². The topological polar surface area (TPSA) is 165 Å². The molecule has 0 aliphatic carbocycles. The van der Waals surface area contributed by atoms with Crippen LogP contribution in [0.5, 0.6) is 0 Å². The van der Waals surface area contributed by atoms with Crippen molar-refractivity contribution >= 4 is 46.3 Å². The third-order valence-corrected chi connectivity index (χ3v) is 5.93. The number of anilines is 2. The second-order valence-electron chi connectivity index (χ2n) is 8.99. The average Bonchev–Trinajstić information content (AvgIpc) is 3.57. The summed E-state index contributed by atoms with van der Waals surface area (Å²) in [6.07, 6.45) is 4.38. The van der Waals surface area contributed by atoms with E-state index >= 15 is 0 Å². The quantitative estimate of drug-likeness (QED) is 0.229. The Morgan fingerprint density at radius 1 is 0.974 bits per heavy atom. The van der Waals surface area contributed by atoms with E-state index in [-0.39, 0.29) is 35.4 Å². The second kappa shape index (κ2) is 11.5. The van der Waals surface area contributed by atoms with E-state index in [1.54, 1.807) is 41.7 Å². The Kier molecular flexibility index (Phi) is 8.11. The molecule has 0 saturated carbocycles. The van der Waals surface area contributed by atoms with Crippen LogP contribution >= 0.6 is 11.6 Å². The fourth-order valence-electron chi connectivity index (χ4n) is 3.80. The maximum Gasteiger partial charge on any atom is 0.353 e. The fourth-order valence-corrected chi connectivity index (χ4v) is 3.96. The SMILES string of the molecule is CN(C)CCNC(=O)c1cc(NC(=O)c2cc(NC(=O)c3ncn4c(=O)n(CCCl)nnc34)cn2C)cn1C. The van der Waals surface area contributed by atoms with Crippen molar-refractivity contribution in [2.24, 2.45) is 14.1 Å². The molecule has 16 heteroatoms. The normalized spacial score (nSPS) is 11.2. The number of aromatic nitrogens is 7. The van der Waals surface area contributed by atoms with E-state index in [1.165, 1.54) is 12.4 Å². The molecule has 0 aromatic carbocycles. The van der Waals surface area contributed by atoms with Crippen LogP contribution in [0.2, 0.25) is 0 Å². The van der Waals surface area contributed by atoms with Crippen LogP contribution < -0.4 is 21.6 Å². The van der Waals surface area contributed by atoms with Crippen molar-refractivity contribution < 1.29 is 14.4 Å². The van der Waals surface area contributed by atoms with Crippen LogP contribution in [0, 0.1) is 0 Å². The fraction of sp³-hybridized carbons (Fsp3) is 0.348. The summed E-state index contributed by atoms with van der Waals surface area (Å²) in [5.74, 6) is -1.16. The van der Waals surface area contributed by atoms with Crippen LogP contribution in [-0.4, -0.2) is 89.2 Å². The number of halogens is 1. The third kappa shape index (κ3) is 5.99. The van der Waals surface area contributed by atoms with E-state index in [4.69, 9.17) is 11.6 Å². The van der Waals surface area contributed by atoms with Gasteiger partial charge in [-0.1, -0.05) is 5.21 Å². The zero-order chi connectivity index (χ0) is 28.3. The molecule has 0 bridgehead atoms. The smallest absolute Gasteiger partial charge is 0.349 e. The largest absolute Gasteiger partial charge is 0.353 e. The Balaban J connectivity index is 1.44. The summed E-state index contributed by atoms with van der Waals surface area (Å²) in [6.45, 7) is 1.35.